The van der Waals surface area contributed by atoms with Crippen LogP contribution in [0.1, 0.15) is 47.2 Å². The molecule has 188 valence electrons. The highest BCUT2D eigenvalue weighted by molar-refractivity contribution is 6.04. The molecule has 6 heteroatoms. The first kappa shape index (κ1) is 28.6. The van der Waals surface area contributed by atoms with E-state index < -0.39 is 0 Å². The number of carbonyl (C=O) groups is 1. The monoisotopic (exact) mass is 540 g/mol. The Morgan fingerprint density at radius 2 is 1.66 bits per heavy atom. The van der Waals surface area contributed by atoms with Crippen LogP contribution in [0.5, 0.6) is 5.75 Å². The Morgan fingerprint density at radius 3 is 2.37 bits per heavy atom. The molecule has 3 N–H and O–H groups in total. The van der Waals surface area contributed by atoms with E-state index in [1.165, 1.54) is 36.9 Å². The SMILES string of the molecule is COc1ccc(C(=O)Nc2ccccc2CCC2CCCC[N+]2(C)Cc2ccccc2)cc1.O.[Br-]. The number of halogens is 1. The standard InChI is InChI=1S/C29H34N2O2.BrH.H2O/c1-31(22-23-10-4-3-5-11-23)21-9-8-13-26(31)18-15-24-12-6-7-14-28(24)30-29(32)25-16-19-27(33-2)20-17-25;;/h3-7,10-12,14,16-17,19-20,26H,8-9,13,15,18,21-22H2,1-2H3;1H;1H2. The van der Waals surface area contributed by atoms with Crippen molar-refractivity contribution in [1.82, 2.24) is 0 Å². The number of benzene rings is 3. The van der Waals surface area contributed by atoms with Gasteiger partial charge in [-0.25, -0.2) is 0 Å². The van der Waals surface area contributed by atoms with Crippen LogP contribution in [0.2, 0.25) is 0 Å². The summed E-state index contributed by atoms with van der Waals surface area (Å²) in [6.07, 6.45) is 5.96. The fourth-order valence-corrected chi connectivity index (χ4v) is 5.13. The predicted octanol–water partition coefficient (Wildman–Crippen LogP) is 2.26. The minimum atomic E-state index is -0.0903. The van der Waals surface area contributed by atoms with Crippen molar-refractivity contribution >= 4 is 11.6 Å². The number of nitrogens with zero attached hydrogens (tertiary/aromatic N) is 1. The molecular weight excluding hydrogens is 504 g/mol. The zero-order chi connectivity index (χ0) is 23.1. The lowest BCUT2D eigenvalue weighted by Crippen LogP contribution is -3.00. The molecule has 1 heterocycles. The van der Waals surface area contributed by atoms with E-state index in [1.54, 1.807) is 19.2 Å². The predicted molar refractivity (Wildman–Crippen MR) is 138 cm³/mol. The molecule has 0 spiro atoms. The van der Waals surface area contributed by atoms with E-state index in [9.17, 15) is 4.79 Å². The second-order valence-corrected chi connectivity index (χ2v) is 9.37. The number of methoxy groups -OCH3 is 1. The molecule has 1 aliphatic heterocycles. The Balaban J connectivity index is 0.00000216. The maximum atomic E-state index is 12.8. The van der Waals surface area contributed by atoms with Gasteiger partial charge in [-0.1, -0.05) is 48.5 Å². The quantitative estimate of drug-likeness (QED) is 0.445. The van der Waals surface area contributed by atoms with Crippen LogP contribution in [0.4, 0.5) is 5.69 Å². The molecule has 2 unspecified atom stereocenters. The fraction of sp³-hybridized carbons (Fsp3) is 0.345. The van der Waals surface area contributed by atoms with Gasteiger partial charge in [0, 0.05) is 23.2 Å². The molecule has 0 bridgehead atoms. The Kier molecular flexibility index (Phi) is 11.0. The van der Waals surface area contributed by atoms with E-state index in [4.69, 9.17) is 4.74 Å². The zero-order valence-electron chi connectivity index (χ0n) is 20.7. The average Bonchev–Trinajstić information content (AvgIpc) is 2.85. The molecule has 0 aliphatic carbocycles. The van der Waals surface area contributed by atoms with E-state index in [0.29, 0.717) is 11.6 Å². The van der Waals surface area contributed by atoms with Gasteiger partial charge in [0.2, 0.25) is 0 Å². The Labute approximate surface area is 219 Å². The number of anilines is 1. The van der Waals surface area contributed by atoms with Gasteiger partial charge in [-0.2, -0.15) is 0 Å². The smallest absolute Gasteiger partial charge is 0.255 e. The molecule has 35 heavy (non-hydrogen) atoms. The number of likely N-dealkylation sites (tertiary alicyclic amines) is 1. The summed E-state index contributed by atoms with van der Waals surface area (Å²) in [5.74, 6) is 0.656. The minimum absolute atomic E-state index is 0. The van der Waals surface area contributed by atoms with Crippen molar-refractivity contribution in [2.45, 2.75) is 44.7 Å². The van der Waals surface area contributed by atoms with Gasteiger partial charge in [-0.05, 0) is 61.6 Å². The molecular formula is C29H37BrN2O3. The Hall–Kier alpha value is -2.67. The van der Waals surface area contributed by atoms with E-state index in [0.717, 1.165) is 35.3 Å². The second kappa shape index (κ2) is 13.4. The molecule has 1 saturated heterocycles. The van der Waals surface area contributed by atoms with Crippen LogP contribution in [-0.4, -0.2) is 42.6 Å². The van der Waals surface area contributed by atoms with E-state index in [2.05, 4.69) is 54.8 Å². The van der Waals surface area contributed by atoms with Crippen LogP contribution in [0, 0.1) is 0 Å². The lowest BCUT2D eigenvalue weighted by molar-refractivity contribution is -0.951. The third kappa shape index (κ3) is 7.40. The molecule has 3 aromatic carbocycles. The molecule has 1 aliphatic rings. The van der Waals surface area contributed by atoms with Crippen molar-refractivity contribution in [3.63, 3.8) is 0 Å². The molecule has 0 aromatic heterocycles. The normalized spacial score (nSPS) is 19.1. The fourth-order valence-electron chi connectivity index (χ4n) is 5.13. The largest absolute Gasteiger partial charge is 1.00 e. The Morgan fingerprint density at radius 1 is 0.971 bits per heavy atom. The maximum Gasteiger partial charge on any atom is 0.255 e. The third-order valence-electron chi connectivity index (χ3n) is 7.09. The van der Waals surface area contributed by atoms with Crippen LogP contribution < -0.4 is 27.0 Å². The first-order valence-electron chi connectivity index (χ1n) is 12.0. The summed E-state index contributed by atoms with van der Waals surface area (Å²) in [5.41, 5.74) is 4.16. The van der Waals surface area contributed by atoms with Crippen molar-refractivity contribution in [3.05, 3.63) is 95.6 Å². The number of ether oxygens (including phenoxy) is 1. The van der Waals surface area contributed by atoms with Gasteiger partial charge < -0.3 is 37.0 Å². The lowest BCUT2D eigenvalue weighted by atomic mass is 9.92. The summed E-state index contributed by atoms with van der Waals surface area (Å²) < 4.78 is 6.30. The summed E-state index contributed by atoms with van der Waals surface area (Å²) >= 11 is 0. The van der Waals surface area contributed by atoms with Crippen molar-refractivity contribution in [2.24, 2.45) is 0 Å². The van der Waals surface area contributed by atoms with Gasteiger partial charge in [0.25, 0.3) is 5.91 Å². The number of piperidine rings is 1. The molecule has 3 aromatic rings. The van der Waals surface area contributed by atoms with Gasteiger partial charge >= 0.3 is 0 Å². The summed E-state index contributed by atoms with van der Waals surface area (Å²) in [6, 6.07) is 26.9. The molecule has 0 saturated carbocycles. The van der Waals surface area contributed by atoms with E-state index in [1.807, 2.05) is 24.3 Å². The number of aryl methyl sites for hydroxylation is 1. The highest BCUT2D eigenvalue weighted by Gasteiger charge is 2.35. The van der Waals surface area contributed by atoms with Gasteiger partial charge in [-0.15, -0.1) is 0 Å². The summed E-state index contributed by atoms with van der Waals surface area (Å²) in [5, 5.41) is 3.13. The van der Waals surface area contributed by atoms with Crippen LogP contribution >= 0.6 is 0 Å². The van der Waals surface area contributed by atoms with Crippen molar-refractivity contribution in [1.29, 1.82) is 0 Å². The third-order valence-corrected chi connectivity index (χ3v) is 7.09. The molecule has 1 fully saturated rings. The molecule has 2 atom stereocenters. The number of hydrogen-bond donors (Lipinski definition) is 1. The summed E-state index contributed by atoms with van der Waals surface area (Å²) in [4.78, 5) is 12.8. The second-order valence-electron chi connectivity index (χ2n) is 9.37. The first-order valence-corrected chi connectivity index (χ1v) is 12.0. The van der Waals surface area contributed by atoms with Crippen LogP contribution in [-0.2, 0) is 13.0 Å². The van der Waals surface area contributed by atoms with Gasteiger partial charge in [-0.3, -0.25) is 4.79 Å². The lowest BCUT2D eigenvalue weighted by Gasteiger charge is -2.45. The van der Waals surface area contributed by atoms with Crippen LogP contribution in [0.15, 0.2) is 78.9 Å². The Bertz CT molecular complexity index is 1060. The number of hydrogen-bond acceptors (Lipinski definition) is 2. The highest BCUT2D eigenvalue weighted by Crippen LogP contribution is 2.31. The van der Waals surface area contributed by atoms with Gasteiger partial charge in [0.05, 0.1) is 26.7 Å². The topological polar surface area (TPSA) is 69.8 Å². The van der Waals surface area contributed by atoms with Crippen molar-refractivity contribution < 1.29 is 36.5 Å². The van der Waals surface area contributed by atoms with E-state index in [-0.39, 0.29) is 28.4 Å². The molecule has 4 rings (SSSR count). The number of nitrogens with one attached hydrogen (secondary N) is 1. The number of rotatable bonds is 8. The highest BCUT2D eigenvalue weighted by atomic mass is 79.9. The molecule has 5 nitrogen and oxygen atoms in total. The maximum absolute atomic E-state index is 12.8. The molecule has 1 amide bonds. The summed E-state index contributed by atoms with van der Waals surface area (Å²) in [6.45, 7) is 2.32. The van der Waals surface area contributed by atoms with Crippen LogP contribution in [0.3, 0.4) is 0 Å². The number of carbonyl (C=O) groups excluding carboxylic acids is 1. The average molecular weight is 542 g/mol. The van der Waals surface area contributed by atoms with Crippen molar-refractivity contribution in [3.8, 4) is 5.75 Å². The molecule has 0 radical (unpaired) electrons. The number of quaternary nitrogens is 1. The summed E-state index contributed by atoms with van der Waals surface area (Å²) in [7, 11) is 4.05. The van der Waals surface area contributed by atoms with Gasteiger partial charge in [0.1, 0.15) is 12.3 Å². The first-order chi connectivity index (χ1) is 16.1. The van der Waals surface area contributed by atoms with Gasteiger partial charge in [0.15, 0.2) is 0 Å². The van der Waals surface area contributed by atoms with Crippen molar-refractivity contribution in [2.75, 3.05) is 26.0 Å². The minimum Gasteiger partial charge on any atom is -1.00 e. The zero-order valence-corrected chi connectivity index (χ0v) is 22.3. The number of para-hydroxylation sites is 1. The van der Waals surface area contributed by atoms with Crippen LogP contribution in [0.25, 0.3) is 0 Å². The number of amides is 1. The van der Waals surface area contributed by atoms with E-state index >= 15 is 0 Å².